The Balaban J connectivity index is 1.46. The van der Waals surface area contributed by atoms with E-state index < -0.39 is 16.1 Å². The summed E-state index contributed by atoms with van der Waals surface area (Å²) in [4.78, 5) is 25.7. The summed E-state index contributed by atoms with van der Waals surface area (Å²) in [6.07, 6.45) is -0.696. The lowest BCUT2D eigenvalue weighted by Gasteiger charge is -2.34. The first-order chi connectivity index (χ1) is 14.8. The van der Waals surface area contributed by atoms with Gasteiger partial charge in [-0.3, -0.25) is 4.79 Å². The Morgan fingerprint density at radius 1 is 0.968 bits per heavy atom. The van der Waals surface area contributed by atoms with Gasteiger partial charge in [0.15, 0.2) is 0 Å². The molecule has 1 fully saturated rings. The highest BCUT2D eigenvalue weighted by Gasteiger charge is 2.30. The van der Waals surface area contributed by atoms with E-state index in [0.717, 1.165) is 5.56 Å². The molecule has 1 aliphatic heterocycles. The molecule has 2 aromatic carbocycles. The number of benzene rings is 2. The summed E-state index contributed by atoms with van der Waals surface area (Å²) >= 11 is 11.8. The zero-order valence-corrected chi connectivity index (χ0v) is 18.8. The summed E-state index contributed by atoms with van der Waals surface area (Å²) in [6, 6.07) is 13.3. The Labute approximate surface area is 190 Å². The number of carbonyl (C=O) groups is 2. The van der Waals surface area contributed by atoms with Gasteiger partial charge in [0.05, 0.1) is 14.9 Å². The standard InChI is InChI=1S/C20H21Cl2N3O5S/c21-17-7-6-16(12-18(17)22)31(28,29)25-10-8-24(9-11-25)19(26)13-23-20(27)30-14-15-4-2-1-3-5-15/h1-7,12H,8-11,13-14H2,(H,23,27). The van der Waals surface area contributed by atoms with E-state index in [2.05, 4.69) is 5.32 Å². The van der Waals surface area contributed by atoms with Crippen molar-refractivity contribution in [2.45, 2.75) is 11.5 Å². The lowest BCUT2D eigenvalue weighted by Crippen LogP contribution is -2.52. The van der Waals surface area contributed by atoms with Crippen LogP contribution in [0.15, 0.2) is 53.4 Å². The van der Waals surface area contributed by atoms with Gasteiger partial charge in [-0.05, 0) is 23.8 Å². The number of nitrogens with one attached hydrogen (secondary N) is 1. The van der Waals surface area contributed by atoms with Crippen molar-refractivity contribution >= 4 is 45.2 Å². The second kappa shape index (κ2) is 10.3. The molecule has 0 unspecified atom stereocenters. The van der Waals surface area contributed by atoms with Crippen LogP contribution in [0.5, 0.6) is 0 Å². The van der Waals surface area contributed by atoms with Crippen molar-refractivity contribution in [2.75, 3.05) is 32.7 Å². The van der Waals surface area contributed by atoms with Crippen molar-refractivity contribution < 1.29 is 22.7 Å². The Hall–Kier alpha value is -2.33. The molecule has 2 aromatic rings. The summed E-state index contributed by atoms with van der Waals surface area (Å²) < 4.78 is 31.9. The van der Waals surface area contributed by atoms with Crippen LogP contribution in [0.2, 0.25) is 10.0 Å². The average molecular weight is 486 g/mol. The van der Waals surface area contributed by atoms with Gasteiger partial charge in [0, 0.05) is 26.2 Å². The maximum atomic E-state index is 12.8. The van der Waals surface area contributed by atoms with Crippen LogP contribution in [0.25, 0.3) is 0 Å². The van der Waals surface area contributed by atoms with Gasteiger partial charge < -0.3 is 15.0 Å². The molecule has 0 spiro atoms. The van der Waals surface area contributed by atoms with E-state index in [1.54, 1.807) is 0 Å². The molecule has 3 rings (SSSR count). The van der Waals surface area contributed by atoms with Crippen LogP contribution >= 0.6 is 23.2 Å². The second-order valence-corrected chi connectivity index (χ2v) is 9.53. The molecule has 1 saturated heterocycles. The Kier molecular flexibility index (Phi) is 7.77. The highest BCUT2D eigenvalue weighted by atomic mass is 35.5. The van der Waals surface area contributed by atoms with E-state index in [0.29, 0.717) is 0 Å². The molecular weight excluding hydrogens is 465 g/mol. The zero-order chi connectivity index (χ0) is 22.4. The third-order valence-corrected chi connectivity index (χ3v) is 7.35. The van der Waals surface area contributed by atoms with Crippen LogP contribution in [0.1, 0.15) is 5.56 Å². The average Bonchev–Trinajstić information content (AvgIpc) is 2.78. The minimum Gasteiger partial charge on any atom is -0.445 e. The summed E-state index contributed by atoms with van der Waals surface area (Å²) in [5, 5.41) is 2.84. The molecule has 0 radical (unpaired) electrons. The maximum Gasteiger partial charge on any atom is 0.407 e. The fraction of sp³-hybridized carbons (Fsp3) is 0.300. The normalized spacial score (nSPS) is 14.8. The third kappa shape index (κ3) is 6.10. The Bertz CT molecular complexity index is 1040. The van der Waals surface area contributed by atoms with Crippen molar-refractivity contribution in [1.82, 2.24) is 14.5 Å². The van der Waals surface area contributed by atoms with Gasteiger partial charge >= 0.3 is 6.09 Å². The number of hydrogen-bond acceptors (Lipinski definition) is 5. The Morgan fingerprint density at radius 2 is 1.65 bits per heavy atom. The van der Waals surface area contributed by atoms with E-state index in [9.17, 15) is 18.0 Å². The van der Waals surface area contributed by atoms with Gasteiger partial charge in [0.25, 0.3) is 0 Å². The molecule has 0 aliphatic carbocycles. The van der Waals surface area contributed by atoms with Gasteiger partial charge in [0.2, 0.25) is 15.9 Å². The molecule has 1 aliphatic rings. The van der Waals surface area contributed by atoms with E-state index >= 15 is 0 Å². The largest absolute Gasteiger partial charge is 0.445 e. The fourth-order valence-corrected chi connectivity index (χ4v) is 4.81. The van der Waals surface area contributed by atoms with Crippen molar-refractivity contribution in [2.24, 2.45) is 0 Å². The zero-order valence-electron chi connectivity index (χ0n) is 16.5. The topological polar surface area (TPSA) is 96.0 Å². The van der Waals surface area contributed by atoms with E-state index in [1.165, 1.54) is 27.4 Å². The fourth-order valence-electron chi connectivity index (χ4n) is 3.00. The molecular formula is C20H21Cl2N3O5S. The summed E-state index contributed by atoms with van der Waals surface area (Å²) in [6.45, 7) is 0.555. The van der Waals surface area contributed by atoms with Crippen molar-refractivity contribution in [3.63, 3.8) is 0 Å². The number of hydrogen-bond donors (Lipinski definition) is 1. The lowest BCUT2D eigenvalue weighted by molar-refractivity contribution is -0.131. The number of ether oxygens (including phenoxy) is 1. The van der Waals surface area contributed by atoms with E-state index in [1.807, 2.05) is 30.3 Å². The predicted molar refractivity (Wildman–Crippen MR) is 116 cm³/mol. The van der Waals surface area contributed by atoms with E-state index in [-0.39, 0.29) is 60.2 Å². The van der Waals surface area contributed by atoms with E-state index in [4.69, 9.17) is 27.9 Å². The number of nitrogens with zero attached hydrogens (tertiary/aromatic N) is 2. The molecule has 0 saturated carbocycles. The number of piperazine rings is 1. The Morgan fingerprint density at radius 3 is 2.29 bits per heavy atom. The smallest absolute Gasteiger partial charge is 0.407 e. The molecule has 1 N–H and O–H groups in total. The molecule has 0 bridgehead atoms. The number of rotatable bonds is 6. The molecule has 0 atom stereocenters. The van der Waals surface area contributed by atoms with Crippen molar-refractivity contribution in [3.05, 3.63) is 64.1 Å². The molecule has 1 heterocycles. The highest BCUT2D eigenvalue weighted by Crippen LogP contribution is 2.27. The van der Waals surface area contributed by atoms with Gasteiger partial charge in [-0.15, -0.1) is 0 Å². The van der Waals surface area contributed by atoms with Crippen LogP contribution in [0.4, 0.5) is 4.79 Å². The number of carbonyl (C=O) groups excluding carboxylic acids is 2. The first kappa shape index (κ1) is 23.3. The monoisotopic (exact) mass is 485 g/mol. The maximum absolute atomic E-state index is 12.8. The third-order valence-electron chi connectivity index (χ3n) is 4.72. The van der Waals surface area contributed by atoms with Crippen LogP contribution in [0, 0.1) is 0 Å². The predicted octanol–water partition coefficient (Wildman–Crippen LogP) is 2.75. The summed E-state index contributed by atoms with van der Waals surface area (Å²) in [5.74, 6) is -0.316. The minimum atomic E-state index is -3.75. The van der Waals surface area contributed by atoms with Gasteiger partial charge in [0.1, 0.15) is 13.2 Å². The molecule has 31 heavy (non-hydrogen) atoms. The van der Waals surface area contributed by atoms with Crippen LogP contribution < -0.4 is 5.32 Å². The number of alkyl carbamates (subject to hydrolysis) is 1. The lowest BCUT2D eigenvalue weighted by atomic mass is 10.2. The highest BCUT2D eigenvalue weighted by molar-refractivity contribution is 7.89. The van der Waals surface area contributed by atoms with Crippen molar-refractivity contribution in [3.8, 4) is 0 Å². The molecule has 0 aromatic heterocycles. The van der Waals surface area contributed by atoms with Crippen LogP contribution in [0.3, 0.4) is 0 Å². The number of sulfonamides is 1. The van der Waals surface area contributed by atoms with Crippen LogP contribution in [-0.2, 0) is 26.2 Å². The minimum absolute atomic E-state index is 0.0458. The molecule has 2 amide bonds. The second-order valence-electron chi connectivity index (χ2n) is 6.78. The SMILES string of the molecule is O=C(NCC(=O)N1CCN(S(=O)(=O)c2ccc(Cl)c(Cl)c2)CC1)OCc1ccccc1. The molecule has 8 nitrogen and oxygen atoms in total. The molecule has 11 heteroatoms. The van der Waals surface area contributed by atoms with Gasteiger partial charge in [-0.25, -0.2) is 13.2 Å². The van der Waals surface area contributed by atoms with Crippen LogP contribution in [-0.4, -0.2) is 62.3 Å². The van der Waals surface area contributed by atoms with Gasteiger partial charge in [-0.2, -0.15) is 4.31 Å². The first-order valence-corrected chi connectivity index (χ1v) is 11.6. The number of halogens is 2. The summed E-state index contributed by atoms with van der Waals surface area (Å²) in [5.41, 5.74) is 0.836. The first-order valence-electron chi connectivity index (χ1n) is 9.45. The summed E-state index contributed by atoms with van der Waals surface area (Å²) in [7, 11) is -3.75. The van der Waals surface area contributed by atoms with Crippen molar-refractivity contribution in [1.29, 1.82) is 0 Å². The molecule has 166 valence electrons. The van der Waals surface area contributed by atoms with Gasteiger partial charge in [-0.1, -0.05) is 53.5 Å². The quantitative estimate of drug-likeness (QED) is 0.678. The number of amides is 2.